The van der Waals surface area contributed by atoms with Crippen LogP contribution in [0.15, 0.2) is 0 Å². The summed E-state index contributed by atoms with van der Waals surface area (Å²) in [7, 11) is 0. The molecule has 1 heterocycles. The Hall–Kier alpha value is 0.210. The van der Waals surface area contributed by atoms with Crippen molar-refractivity contribution in [3.8, 4) is 0 Å². The molecule has 2 nitrogen and oxygen atoms in total. The standard InChI is InChI=1S/C8H16ClNO/c9-5-3-7-10-6-2-1-4-8(10)11/h8,11H,1-7H2. The zero-order valence-corrected chi connectivity index (χ0v) is 7.56. The monoisotopic (exact) mass is 177 g/mol. The normalized spacial score (nSPS) is 27.3. The van der Waals surface area contributed by atoms with Crippen molar-refractivity contribution in [1.82, 2.24) is 4.90 Å². The molecule has 1 unspecified atom stereocenters. The maximum atomic E-state index is 9.48. The summed E-state index contributed by atoms with van der Waals surface area (Å²) in [5.41, 5.74) is 0. The molecule has 1 N–H and O–H groups in total. The summed E-state index contributed by atoms with van der Waals surface area (Å²) < 4.78 is 0. The van der Waals surface area contributed by atoms with Gasteiger partial charge in [0.2, 0.25) is 0 Å². The fourth-order valence-electron chi connectivity index (χ4n) is 1.50. The highest BCUT2D eigenvalue weighted by Gasteiger charge is 2.18. The van der Waals surface area contributed by atoms with Crippen molar-refractivity contribution in [3.05, 3.63) is 0 Å². The maximum absolute atomic E-state index is 9.48. The number of piperidine rings is 1. The predicted octanol–water partition coefficient (Wildman–Crippen LogP) is 1.42. The molecule has 0 spiro atoms. The number of hydrogen-bond donors (Lipinski definition) is 1. The van der Waals surface area contributed by atoms with Crippen molar-refractivity contribution in [2.45, 2.75) is 31.9 Å². The first-order valence-corrected chi connectivity index (χ1v) is 4.86. The van der Waals surface area contributed by atoms with Gasteiger partial charge in [0.25, 0.3) is 0 Å². The highest BCUT2D eigenvalue weighted by atomic mass is 35.5. The van der Waals surface area contributed by atoms with Crippen molar-refractivity contribution < 1.29 is 5.11 Å². The van der Waals surface area contributed by atoms with Crippen LogP contribution in [0.5, 0.6) is 0 Å². The number of aliphatic hydroxyl groups excluding tert-OH is 1. The number of halogens is 1. The third kappa shape index (κ3) is 2.97. The Kier molecular flexibility index (Phi) is 4.20. The van der Waals surface area contributed by atoms with Gasteiger partial charge in [0.15, 0.2) is 0 Å². The minimum Gasteiger partial charge on any atom is -0.378 e. The Bertz CT molecular complexity index is 110. The van der Waals surface area contributed by atoms with Gasteiger partial charge in [0.05, 0.1) is 0 Å². The molecular weight excluding hydrogens is 162 g/mol. The van der Waals surface area contributed by atoms with Gasteiger partial charge < -0.3 is 5.11 Å². The summed E-state index contributed by atoms with van der Waals surface area (Å²) in [5, 5.41) is 9.48. The zero-order chi connectivity index (χ0) is 8.10. The van der Waals surface area contributed by atoms with Crippen LogP contribution in [0.1, 0.15) is 25.7 Å². The molecule has 1 aliphatic heterocycles. The predicted molar refractivity (Wildman–Crippen MR) is 46.8 cm³/mol. The molecule has 1 saturated heterocycles. The summed E-state index contributed by atoms with van der Waals surface area (Å²) in [4.78, 5) is 2.12. The van der Waals surface area contributed by atoms with Gasteiger partial charge in [0.1, 0.15) is 6.23 Å². The molecule has 0 aromatic rings. The van der Waals surface area contributed by atoms with E-state index in [0.717, 1.165) is 25.9 Å². The fourth-order valence-corrected chi connectivity index (χ4v) is 1.62. The van der Waals surface area contributed by atoms with E-state index in [-0.39, 0.29) is 6.23 Å². The van der Waals surface area contributed by atoms with Crippen molar-refractivity contribution >= 4 is 11.6 Å². The number of rotatable bonds is 3. The molecule has 0 aromatic carbocycles. The second kappa shape index (κ2) is 4.96. The molecule has 0 saturated carbocycles. The average Bonchev–Trinajstić information content (AvgIpc) is 2.03. The van der Waals surface area contributed by atoms with Gasteiger partial charge in [-0.3, -0.25) is 4.90 Å². The van der Waals surface area contributed by atoms with E-state index in [1.807, 2.05) is 0 Å². The van der Waals surface area contributed by atoms with E-state index in [4.69, 9.17) is 11.6 Å². The third-order valence-corrected chi connectivity index (χ3v) is 2.43. The lowest BCUT2D eigenvalue weighted by atomic mass is 10.1. The van der Waals surface area contributed by atoms with E-state index in [9.17, 15) is 5.11 Å². The van der Waals surface area contributed by atoms with Crippen LogP contribution in [0.2, 0.25) is 0 Å². The van der Waals surface area contributed by atoms with E-state index in [1.165, 1.54) is 12.8 Å². The first-order valence-electron chi connectivity index (χ1n) is 4.32. The van der Waals surface area contributed by atoms with Gasteiger partial charge in [-0.2, -0.15) is 0 Å². The Labute approximate surface area is 73.1 Å². The second-order valence-corrected chi connectivity index (χ2v) is 3.43. The third-order valence-electron chi connectivity index (χ3n) is 2.16. The van der Waals surface area contributed by atoms with E-state index < -0.39 is 0 Å². The van der Waals surface area contributed by atoms with Crippen molar-refractivity contribution in [2.75, 3.05) is 19.0 Å². The molecule has 1 rings (SSSR count). The number of likely N-dealkylation sites (tertiary alicyclic amines) is 1. The quantitative estimate of drug-likeness (QED) is 0.660. The molecule has 1 atom stereocenters. The number of alkyl halides is 1. The molecule has 66 valence electrons. The van der Waals surface area contributed by atoms with Crippen molar-refractivity contribution in [2.24, 2.45) is 0 Å². The lowest BCUT2D eigenvalue weighted by Gasteiger charge is -2.31. The van der Waals surface area contributed by atoms with Crippen LogP contribution < -0.4 is 0 Å². The fraction of sp³-hybridized carbons (Fsp3) is 1.00. The minimum atomic E-state index is -0.202. The molecule has 0 bridgehead atoms. The summed E-state index contributed by atoms with van der Waals surface area (Å²) in [6.07, 6.45) is 4.10. The van der Waals surface area contributed by atoms with Gasteiger partial charge in [-0.1, -0.05) is 0 Å². The smallest absolute Gasteiger partial charge is 0.107 e. The van der Waals surface area contributed by atoms with Crippen LogP contribution in [0.3, 0.4) is 0 Å². The first kappa shape index (κ1) is 9.30. The SMILES string of the molecule is OC1CCCCN1CCCCl. The average molecular weight is 178 g/mol. The highest BCUT2D eigenvalue weighted by molar-refractivity contribution is 6.17. The van der Waals surface area contributed by atoms with Gasteiger partial charge in [-0.05, 0) is 25.7 Å². The molecule has 0 amide bonds. The molecule has 0 aromatic heterocycles. The van der Waals surface area contributed by atoms with Crippen LogP contribution in [-0.2, 0) is 0 Å². The summed E-state index contributed by atoms with van der Waals surface area (Å²) in [6, 6.07) is 0. The van der Waals surface area contributed by atoms with Gasteiger partial charge in [-0.15, -0.1) is 11.6 Å². The van der Waals surface area contributed by atoms with Crippen LogP contribution in [0, 0.1) is 0 Å². The summed E-state index contributed by atoms with van der Waals surface area (Å²) >= 11 is 5.56. The molecule has 11 heavy (non-hydrogen) atoms. The Morgan fingerprint density at radius 1 is 1.45 bits per heavy atom. The number of nitrogens with zero attached hydrogens (tertiary/aromatic N) is 1. The van der Waals surface area contributed by atoms with E-state index in [0.29, 0.717) is 5.88 Å². The van der Waals surface area contributed by atoms with Crippen LogP contribution in [0.4, 0.5) is 0 Å². The molecule has 1 fully saturated rings. The number of aliphatic hydroxyl groups is 1. The van der Waals surface area contributed by atoms with Crippen molar-refractivity contribution in [3.63, 3.8) is 0 Å². The van der Waals surface area contributed by atoms with E-state index in [1.54, 1.807) is 0 Å². The summed E-state index contributed by atoms with van der Waals surface area (Å²) in [6.45, 7) is 1.99. The Morgan fingerprint density at radius 3 is 2.91 bits per heavy atom. The molecule has 0 radical (unpaired) electrons. The van der Waals surface area contributed by atoms with E-state index in [2.05, 4.69) is 4.90 Å². The zero-order valence-electron chi connectivity index (χ0n) is 6.80. The lowest BCUT2D eigenvalue weighted by Crippen LogP contribution is -2.39. The first-order chi connectivity index (χ1) is 5.34. The molecule has 1 aliphatic rings. The molecule has 3 heteroatoms. The Balaban J connectivity index is 2.18. The van der Waals surface area contributed by atoms with Crippen LogP contribution in [-0.4, -0.2) is 35.2 Å². The molecule has 0 aliphatic carbocycles. The number of hydrogen-bond acceptors (Lipinski definition) is 2. The topological polar surface area (TPSA) is 23.5 Å². The maximum Gasteiger partial charge on any atom is 0.107 e. The highest BCUT2D eigenvalue weighted by Crippen LogP contribution is 2.14. The van der Waals surface area contributed by atoms with Gasteiger partial charge in [0, 0.05) is 19.0 Å². The van der Waals surface area contributed by atoms with Crippen LogP contribution in [0.25, 0.3) is 0 Å². The molecular formula is C8H16ClNO. The largest absolute Gasteiger partial charge is 0.378 e. The van der Waals surface area contributed by atoms with E-state index >= 15 is 0 Å². The van der Waals surface area contributed by atoms with Gasteiger partial charge >= 0.3 is 0 Å². The Morgan fingerprint density at radius 2 is 2.27 bits per heavy atom. The van der Waals surface area contributed by atoms with Crippen molar-refractivity contribution in [1.29, 1.82) is 0 Å². The lowest BCUT2D eigenvalue weighted by molar-refractivity contribution is -0.0231. The van der Waals surface area contributed by atoms with Gasteiger partial charge in [-0.25, -0.2) is 0 Å². The second-order valence-electron chi connectivity index (χ2n) is 3.05. The van der Waals surface area contributed by atoms with Crippen LogP contribution >= 0.6 is 11.6 Å². The minimum absolute atomic E-state index is 0.202. The summed E-state index contributed by atoms with van der Waals surface area (Å²) in [5.74, 6) is 0.698.